The molecule has 4 heterocycles. The zero-order chi connectivity index (χ0) is 23.0. The van der Waals surface area contributed by atoms with E-state index >= 15 is 0 Å². The lowest BCUT2D eigenvalue weighted by Gasteiger charge is -2.27. The van der Waals surface area contributed by atoms with Gasteiger partial charge < -0.3 is 19.9 Å². The van der Waals surface area contributed by atoms with Gasteiger partial charge in [-0.2, -0.15) is 5.26 Å². The van der Waals surface area contributed by atoms with Crippen LogP contribution < -0.4 is 10.2 Å². The number of anilines is 3. The van der Waals surface area contributed by atoms with E-state index < -0.39 is 5.41 Å². The van der Waals surface area contributed by atoms with Crippen molar-refractivity contribution in [2.24, 2.45) is 11.3 Å². The van der Waals surface area contributed by atoms with Crippen molar-refractivity contribution in [1.82, 2.24) is 14.9 Å². The lowest BCUT2D eigenvalue weighted by molar-refractivity contribution is -0.123. The number of pyridine rings is 2. The first-order valence-corrected chi connectivity index (χ1v) is 11.3. The summed E-state index contributed by atoms with van der Waals surface area (Å²) in [5.74, 6) is 1.14. The van der Waals surface area contributed by atoms with Crippen LogP contribution in [0.4, 0.5) is 17.3 Å². The lowest BCUT2D eigenvalue weighted by atomic mass is 9.83. The number of aromatic nitrogens is 2. The zero-order valence-electron chi connectivity index (χ0n) is 18.6. The van der Waals surface area contributed by atoms with Crippen molar-refractivity contribution < 1.29 is 14.3 Å². The molecule has 0 bridgehead atoms. The molecule has 2 amide bonds. The molecule has 0 spiro atoms. The Morgan fingerprint density at radius 3 is 2.67 bits per heavy atom. The van der Waals surface area contributed by atoms with Gasteiger partial charge in [-0.3, -0.25) is 9.59 Å². The molecule has 1 atom stereocenters. The molecule has 0 aromatic carbocycles. The molecule has 9 nitrogen and oxygen atoms in total. The first kappa shape index (κ1) is 21.3. The molecule has 3 fully saturated rings. The second-order valence-corrected chi connectivity index (χ2v) is 8.88. The van der Waals surface area contributed by atoms with Crippen molar-refractivity contribution in [1.29, 1.82) is 5.26 Å². The van der Waals surface area contributed by atoms with Crippen molar-refractivity contribution >= 4 is 29.1 Å². The van der Waals surface area contributed by atoms with Crippen LogP contribution in [0.15, 0.2) is 30.6 Å². The predicted molar refractivity (Wildman–Crippen MR) is 121 cm³/mol. The summed E-state index contributed by atoms with van der Waals surface area (Å²) < 4.78 is 5.32. The molecule has 170 valence electrons. The van der Waals surface area contributed by atoms with Crippen LogP contribution >= 0.6 is 0 Å². The van der Waals surface area contributed by atoms with E-state index in [9.17, 15) is 14.9 Å². The summed E-state index contributed by atoms with van der Waals surface area (Å²) in [7, 11) is 0. The Bertz CT molecular complexity index is 1140. The molecule has 5 rings (SSSR count). The number of nitrogens with one attached hydrogen (secondary N) is 1. The lowest BCUT2D eigenvalue weighted by Crippen LogP contribution is -2.41. The van der Waals surface area contributed by atoms with E-state index in [1.165, 1.54) is 0 Å². The van der Waals surface area contributed by atoms with Crippen LogP contribution in [0.2, 0.25) is 0 Å². The van der Waals surface area contributed by atoms with Gasteiger partial charge in [0.25, 0.3) is 5.91 Å². The molecule has 2 aromatic rings. The van der Waals surface area contributed by atoms with Gasteiger partial charge in [0.05, 0.1) is 24.8 Å². The maximum Gasteiger partial charge on any atom is 0.255 e. The molecule has 1 saturated carbocycles. The van der Waals surface area contributed by atoms with Gasteiger partial charge in [0, 0.05) is 43.8 Å². The molecule has 9 heteroatoms. The Balaban J connectivity index is 1.31. The third-order valence-corrected chi connectivity index (χ3v) is 6.78. The number of nitrogens with zero attached hydrogens (tertiary/aromatic N) is 5. The van der Waals surface area contributed by atoms with Gasteiger partial charge in [-0.05, 0) is 49.8 Å². The highest BCUT2D eigenvalue weighted by Gasteiger charge is 2.56. The van der Waals surface area contributed by atoms with Crippen LogP contribution in [0.1, 0.15) is 35.2 Å². The van der Waals surface area contributed by atoms with Gasteiger partial charge in [0.2, 0.25) is 5.91 Å². The molecule has 0 unspecified atom stereocenters. The van der Waals surface area contributed by atoms with Crippen molar-refractivity contribution in [3.63, 3.8) is 0 Å². The van der Waals surface area contributed by atoms with Gasteiger partial charge in [-0.15, -0.1) is 0 Å². The molecular formula is C24H26N6O3. The van der Waals surface area contributed by atoms with Gasteiger partial charge in [0.1, 0.15) is 17.1 Å². The zero-order valence-corrected chi connectivity index (χ0v) is 18.6. The fraction of sp³-hybridized carbons (Fsp3) is 0.458. The molecule has 0 radical (unpaired) electrons. The number of aryl methyl sites for hydroxylation is 1. The minimum atomic E-state index is -0.877. The molecular weight excluding hydrogens is 420 g/mol. The minimum absolute atomic E-state index is 0.0424. The summed E-state index contributed by atoms with van der Waals surface area (Å²) in [6.45, 7) is 4.68. The van der Waals surface area contributed by atoms with Gasteiger partial charge in [-0.25, -0.2) is 9.97 Å². The number of ether oxygens (including phenoxy) is 1. The second kappa shape index (κ2) is 8.45. The third kappa shape index (κ3) is 3.91. The number of amides is 2. The number of hydrogen-bond donors (Lipinski definition) is 1. The van der Waals surface area contributed by atoms with Crippen molar-refractivity contribution in [2.45, 2.75) is 26.2 Å². The second-order valence-electron chi connectivity index (χ2n) is 8.88. The van der Waals surface area contributed by atoms with Crippen LogP contribution in [0, 0.1) is 29.6 Å². The minimum Gasteiger partial charge on any atom is -0.378 e. The Hall–Kier alpha value is -3.51. The maximum atomic E-state index is 13.1. The monoisotopic (exact) mass is 446 g/mol. The van der Waals surface area contributed by atoms with E-state index in [0.717, 1.165) is 18.4 Å². The van der Waals surface area contributed by atoms with Crippen molar-refractivity contribution in [3.05, 3.63) is 41.7 Å². The van der Waals surface area contributed by atoms with Crippen LogP contribution in [0.5, 0.6) is 0 Å². The first-order chi connectivity index (χ1) is 16.0. The van der Waals surface area contributed by atoms with Crippen molar-refractivity contribution in [3.8, 4) is 6.07 Å². The summed E-state index contributed by atoms with van der Waals surface area (Å²) in [6.07, 6.45) is 5.69. The summed E-state index contributed by atoms with van der Waals surface area (Å²) in [4.78, 5) is 38.1. The SMILES string of the molecule is Cc1cc(Nc2cc(N3CC[C@@](C#N)(C4CC4)C3=O)ccn2)ncc1C(=O)N1CCOCC1. The number of carbonyl (C=O) groups excluding carboxylic acids is 2. The van der Waals surface area contributed by atoms with Gasteiger partial charge >= 0.3 is 0 Å². The molecule has 2 aromatic heterocycles. The average molecular weight is 447 g/mol. The van der Waals surface area contributed by atoms with Crippen LogP contribution in [-0.2, 0) is 9.53 Å². The third-order valence-electron chi connectivity index (χ3n) is 6.78. The van der Waals surface area contributed by atoms with E-state index in [-0.39, 0.29) is 17.7 Å². The summed E-state index contributed by atoms with van der Waals surface area (Å²) in [6, 6.07) is 7.71. The Morgan fingerprint density at radius 2 is 1.97 bits per heavy atom. The maximum absolute atomic E-state index is 13.1. The molecule has 33 heavy (non-hydrogen) atoms. The van der Waals surface area contributed by atoms with Crippen LogP contribution in [0.3, 0.4) is 0 Å². The topological polar surface area (TPSA) is 111 Å². The van der Waals surface area contributed by atoms with Gasteiger partial charge in [0.15, 0.2) is 0 Å². The first-order valence-electron chi connectivity index (χ1n) is 11.3. The molecule has 3 aliphatic rings. The highest BCUT2D eigenvalue weighted by atomic mass is 16.5. The van der Waals surface area contributed by atoms with Crippen molar-refractivity contribution in [2.75, 3.05) is 43.1 Å². The Kier molecular flexibility index (Phi) is 5.46. The smallest absolute Gasteiger partial charge is 0.255 e. The van der Waals surface area contributed by atoms with E-state index in [2.05, 4.69) is 21.4 Å². The average Bonchev–Trinajstić information content (AvgIpc) is 3.63. The molecule has 2 aliphatic heterocycles. The standard InChI is InChI=1S/C24H26N6O3/c1-16-12-20(27-14-19(16)22(31)29-8-10-33-11-9-29)28-21-13-18(4-6-26-21)30-7-5-24(15-25,23(30)32)17-2-3-17/h4,6,12-14,17H,2-3,5,7-11H2,1H3,(H,26,27,28)/t24-/m1/s1. The molecule has 2 saturated heterocycles. The fourth-order valence-corrected chi connectivity index (χ4v) is 4.71. The predicted octanol–water partition coefficient (Wildman–Crippen LogP) is 2.66. The number of carbonyl (C=O) groups is 2. The molecule has 1 N–H and O–H groups in total. The number of rotatable bonds is 5. The number of nitriles is 1. The van der Waals surface area contributed by atoms with E-state index in [0.29, 0.717) is 62.2 Å². The van der Waals surface area contributed by atoms with Gasteiger partial charge in [-0.1, -0.05) is 0 Å². The van der Waals surface area contributed by atoms with Crippen LogP contribution in [0.25, 0.3) is 0 Å². The van der Waals surface area contributed by atoms with E-state index in [1.807, 2.05) is 13.0 Å². The summed E-state index contributed by atoms with van der Waals surface area (Å²) >= 11 is 0. The summed E-state index contributed by atoms with van der Waals surface area (Å²) in [5.41, 5.74) is 1.22. The van der Waals surface area contributed by atoms with E-state index in [4.69, 9.17) is 4.74 Å². The highest BCUT2D eigenvalue weighted by Crippen LogP contribution is 2.51. The number of morpholine rings is 1. The normalized spacial score (nSPS) is 22.8. The Morgan fingerprint density at radius 1 is 1.21 bits per heavy atom. The number of hydrogen-bond acceptors (Lipinski definition) is 7. The fourth-order valence-electron chi connectivity index (χ4n) is 4.71. The Labute approximate surface area is 192 Å². The van der Waals surface area contributed by atoms with E-state index in [1.54, 1.807) is 34.3 Å². The largest absolute Gasteiger partial charge is 0.378 e. The summed E-state index contributed by atoms with van der Waals surface area (Å²) in [5, 5.41) is 12.9. The quantitative estimate of drug-likeness (QED) is 0.751. The molecule has 1 aliphatic carbocycles. The van der Waals surface area contributed by atoms with Crippen LogP contribution in [-0.4, -0.2) is 59.5 Å². The highest BCUT2D eigenvalue weighted by molar-refractivity contribution is 6.02.